The van der Waals surface area contributed by atoms with Crippen molar-refractivity contribution < 1.29 is 14.1 Å². The van der Waals surface area contributed by atoms with E-state index in [0.717, 1.165) is 18.7 Å². The van der Waals surface area contributed by atoms with Crippen LogP contribution < -0.4 is 4.90 Å². The van der Waals surface area contributed by atoms with Crippen LogP contribution in [0.15, 0.2) is 24.3 Å². The molecule has 4 nitrogen and oxygen atoms in total. The van der Waals surface area contributed by atoms with Crippen LogP contribution in [0.4, 0.5) is 5.69 Å². The number of hydrogen-bond acceptors (Lipinski definition) is 4. The van der Waals surface area contributed by atoms with Gasteiger partial charge in [-0.25, -0.2) is 0 Å². The van der Waals surface area contributed by atoms with Crippen molar-refractivity contribution in [1.82, 2.24) is 0 Å². The number of ketones is 1. The number of benzene rings is 1. The van der Waals surface area contributed by atoms with Crippen molar-refractivity contribution in [3.63, 3.8) is 0 Å². The third-order valence-corrected chi connectivity index (χ3v) is 5.56. The van der Waals surface area contributed by atoms with Crippen LogP contribution in [-0.2, 0) is 9.31 Å². The molecule has 2 aliphatic heterocycles. The second-order valence-electron chi connectivity index (χ2n) is 7.91. The van der Waals surface area contributed by atoms with Crippen LogP contribution in [0.3, 0.4) is 0 Å². The zero-order valence-corrected chi connectivity index (χ0v) is 15.3. The van der Waals surface area contributed by atoms with E-state index in [4.69, 9.17) is 9.31 Å². The minimum absolute atomic E-state index is 0.0682. The molecule has 5 heteroatoms. The molecule has 2 heterocycles. The van der Waals surface area contributed by atoms with Gasteiger partial charge in [-0.3, -0.25) is 4.79 Å². The third-order valence-electron chi connectivity index (χ3n) is 5.56. The maximum absolute atomic E-state index is 12.5. The molecule has 0 N–H and O–H groups in total. The summed E-state index contributed by atoms with van der Waals surface area (Å²) in [7, 11) is -0.468. The number of carbonyl (C=O) groups excluding carboxylic acids is 1. The first kappa shape index (κ1) is 17.5. The van der Waals surface area contributed by atoms with Gasteiger partial charge in [0, 0.05) is 30.7 Å². The molecule has 0 radical (unpaired) electrons. The third kappa shape index (κ3) is 3.52. The van der Waals surface area contributed by atoms with Crippen LogP contribution >= 0.6 is 0 Å². The van der Waals surface area contributed by atoms with E-state index in [9.17, 15) is 4.79 Å². The summed E-state index contributed by atoms with van der Waals surface area (Å²) in [6.07, 6.45) is 4.09. The predicted molar refractivity (Wildman–Crippen MR) is 97.7 cm³/mol. The van der Waals surface area contributed by atoms with Crippen molar-refractivity contribution in [1.29, 1.82) is 0 Å². The van der Waals surface area contributed by atoms with Gasteiger partial charge in [-0.15, -0.1) is 0 Å². The van der Waals surface area contributed by atoms with Crippen molar-refractivity contribution in [2.75, 3.05) is 18.0 Å². The van der Waals surface area contributed by atoms with Crippen LogP contribution in [0.5, 0.6) is 0 Å². The quantitative estimate of drug-likeness (QED) is 0.619. The van der Waals surface area contributed by atoms with E-state index in [1.54, 1.807) is 0 Å². The van der Waals surface area contributed by atoms with Crippen LogP contribution in [-0.4, -0.2) is 37.2 Å². The average Bonchev–Trinajstić information content (AvgIpc) is 2.75. The van der Waals surface area contributed by atoms with Crippen LogP contribution in [0, 0.1) is 0 Å². The molecule has 2 aliphatic rings. The highest BCUT2D eigenvalue weighted by atomic mass is 16.7. The summed E-state index contributed by atoms with van der Waals surface area (Å²) in [5, 5.41) is 0. The normalized spacial score (nSPS) is 22.7. The fourth-order valence-corrected chi connectivity index (χ4v) is 3.33. The largest absolute Gasteiger partial charge is 0.465 e. The highest BCUT2D eigenvalue weighted by Gasteiger charge is 2.51. The minimum atomic E-state index is -0.468. The predicted octanol–water partition coefficient (Wildman–Crippen LogP) is 3.95. The molecule has 0 saturated carbocycles. The average molecular weight is 329 g/mol. The highest BCUT2D eigenvalue weighted by Crippen LogP contribution is 2.38. The van der Waals surface area contributed by atoms with Gasteiger partial charge in [0.1, 0.15) is 0 Å². The van der Waals surface area contributed by atoms with E-state index >= 15 is 0 Å². The summed E-state index contributed by atoms with van der Waals surface area (Å²) in [5.74, 6) is 0.0682. The first-order valence-electron chi connectivity index (χ1n) is 9.02. The van der Waals surface area contributed by atoms with Gasteiger partial charge in [-0.2, -0.15) is 0 Å². The van der Waals surface area contributed by atoms with E-state index in [0.29, 0.717) is 0 Å². The van der Waals surface area contributed by atoms with Crippen LogP contribution in [0.2, 0.25) is 6.32 Å². The molecule has 0 bridgehead atoms. The molecule has 0 amide bonds. The molecular formula is C19H28BNO3. The first-order chi connectivity index (χ1) is 11.3. The number of piperidine rings is 1. The first-order valence-corrected chi connectivity index (χ1v) is 9.02. The number of carbonyl (C=O) groups is 1. The number of Topliss-reactive ketones (excluding diaryl/α,β-unsaturated/α-hetero) is 1. The molecule has 1 aromatic carbocycles. The SMILES string of the molecule is CC1(C)OB(CC(=O)c2ccc(N3CCCCC3)cc2)OC1(C)C. The van der Waals surface area contributed by atoms with E-state index in [-0.39, 0.29) is 12.1 Å². The van der Waals surface area contributed by atoms with Crippen molar-refractivity contribution in [3.05, 3.63) is 29.8 Å². The molecule has 0 aliphatic carbocycles. The zero-order chi connectivity index (χ0) is 17.4. The fourth-order valence-electron chi connectivity index (χ4n) is 3.33. The van der Waals surface area contributed by atoms with E-state index in [1.807, 2.05) is 39.8 Å². The molecule has 0 unspecified atom stereocenters. The highest BCUT2D eigenvalue weighted by molar-refractivity contribution is 6.51. The van der Waals surface area contributed by atoms with E-state index in [2.05, 4.69) is 17.0 Å². The Morgan fingerprint density at radius 1 is 1.00 bits per heavy atom. The molecule has 2 fully saturated rings. The van der Waals surface area contributed by atoms with Gasteiger partial charge >= 0.3 is 7.12 Å². The van der Waals surface area contributed by atoms with Crippen LogP contribution in [0.1, 0.15) is 57.3 Å². The summed E-state index contributed by atoms with van der Waals surface area (Å²) < 4.78 is 11.8. The number of anilines is 1. The Morgan fingerprint density at radius 2 is 1.54 bits per heavy atom. The number of nitrogens with zero attached hydrogens (tertiary/aromatic N) is 1. The van der Waals surface area contributed by atoms with Gasteiger partial charge in [-0.05, 0) is 71.2 Å². The van der Waals surface area contributed by atoms with Crippen molar-refractivity contribution >= 4 is 18.6 Å². The fraction of sp³-hybridized carbons (Fsp3) is 0.632. The molecular weight excluding hydrogens is 301 g/mol. The minimum Gasteiger partial charge on any atom is -0.403 e. The number of hydrogen-bond donors (Lipinski definition) is 0. The maximum Gasteiger partial charge on any atom is 0.465 e. The lowest BCUT2D eigenvalue weighted by molar-refractivity contribution is 0.00578. The molecule has 130 valence electrons. The molecule has 3 rings (SSSR count). The summed E-state index contributed by atoms with van der Waals surface area (Å²) >= 11 is 0. The Bertz CT molecular complexity index is 575. The topological polar surface area (TPSA) is 38.8 Å². The molecule has 0 atom stereocenters. The molecule has 0 spiro atoms. The summed E-state index contributed by atoms with van der Waals surface area (Å²) in [6, 6.07) is 7.97. The Hall–Kier alpha value is -1.33. The lowest BCUT2D eigenvalue weighted by Crippen LogP contribution is -2.41. The van der Waals surface area contributed by atoms with Crippen LogP contribution in [0.25, 0.3) is 0 Å². The van der Waals surface area contributed by atoms with Crippen molar-refractivity contribution in [3.8, 4) is 0 Å². The molecule has 1 aromatic rings. The lowest BCUT2D eigenvalue weighted by Gasteiger charge is -2.32. The Balaban J connectivity index is 1.61. The summed E-state index contributed by atoms with van der Waals surface area (Å²) in [6.45, 7) is 10.2. The smallest absolute Gasteiger partial charge is 0.403 e. The maximum atomic E-state index is 12.5. The molecule has 24 heavy (non-hydrogen) atoms. The van der Waals surface area contributed by atoms with Gasteiger partial charge in [0.15, 0.2) is 5.78 Å². The Labute approximate surface area is 145 Å². The van der Waals surface area contributed by atoms with Gasteiger partial charge in [0.05, 0.1) is 11.2 Å². The van der Waals surface area contributed by atoms with Crippen molar-refractivity contribution in [2.24, 2.45) is 0 Å². The second-order valence-corrected chi connectivity index (χ2v) is 7.91. The monoisotopic (exact) mass is 329 g/mol. The molecule has 0 aromatic heterocycles. The van der Waals surface area contributed by atoms with Crippen molar-refractivity contribution in [2.45, 2.75) is 64.5 Å². The van der Waals surface area contributed by atoms with Gasteiger partial charge in [-0.1, -0.05) is 0 Å². The Kier molecular flexibility index (Phi) is 4.76. The van der Waals surface area contributed by atoms with Gasteiger partial charge < -0.3 is 14.2 Å². The summed E-state index contributed by atoms with van der Waals surface area (Å²) in [5.41, 5.74) is 1.15. The van der Waals surface area contributed by atoms with Gasteiger partial charge in [0.2, 0.25) is 0 Å². The summed E-state index contributed by atoms with van der Waals surface area (Å²) in [4.78, 5) is 14.9. The number of rotatable bonds is 4. The lowest BCUT2D eigenvalue weighted by atomic mass is 9.80. The Morgan fingerprint density at radius 3 is 2.08 bits per heavy atom. The molecule has 2 saturated heterocycles. The zero-order valence-electron chi connectivity index (χ0n) is 15.3. The second kappa shape index (κ2) is 6.53. The standard InChI is InChI=1S/C19H28BNO3/c1-18(2)19(3,4)24-20(23-18)14-17(22)15-8-10-16(11-9-15)21-12-6-5-7-13-21/h8-11H,5-7,12-14H2,1-4H3. The van der Waals surface area contributed by atoms with E-state index in [1.165, 1.54) is 24.9 Å². The van der Waals surface area contributed by atoms with E-state index < -0.39 is 18.3 Å². The van der Waals surface area contributed by atoms with Gasteiger partial charge in [0.25, 0.3) is 0 Å².